The maximum Gasteiger partial charge on any atom is 0.325 e. The molecule has 1 atom stereocenters. The largest absolute Gasteiger partial charge is 0.326 e. The molecule has 2 rings (SSSR count). The van der Waals surface area contributed by atoms with Crippen molar-refractivity contribution in [3.8, 4) is 0 Å². The summed E-state index contributed by atoms with van der Waals surface area (Å²) in [5.74, 6) is -0.108. The van der Waals surface area contributed by atoms with Crippen LogP contribution in [0, 0.1) is 6.92 Å². The van der Waals surface area contributed by atoms with Gasteiger partial charge in [-0.2, -0.15) is 0 Å². The smallest absolute Gasteiger partial charge is 0.325 e. The average molecular weight is 246 g/mol. The van der Waals surface area contributed by atoms with Gasteiger partial charge in [0.1, 0.15) is 6.04 Å². The zero-order chi connectivity index (χ0) is 13.1. The summed E-state index contributed by atoms with van der Waals surface area (Å²) in [4.78, 5) is 25.1. The molecule has 1 N–H and O–H groups in total. The second kappa shape index (κ2) is 5.21. The number of nitrogens with zero attached hydrogens (tertiary/aromatic N) is 1. The van der Waals surface area contributed by atoms with Crippen LogP contribution in [0.25, 0.3) is 0 Å². The van der Waals surface area contributed by atoms with Crippen molar-refractivity contribution in [2.75, 3.05) is 0 Å². The molecular weight excluding hydrogens is 228 g/mol. The Morgan fingerprint density at radius 3 is 2.78 bits per heavy atom. The topological polar surface area (TPSA) is 49.4 Å². The SMILES string of the molecule is CCC[C@@H]1NC(=O)N(Cc2cccc(C)c2)C1=O. The van der Waals surface area contributed by atoms with Gasteiger partial charge in [0.25, 0.3) is 5.91 Å². The Morgan fingerprint density at radius 1 is 1.33 bits per heavy atom. The first kappa shape index (κ1) is 12.6. The predicted molar refractivity (Wildman–Crippen MR) is 69.0 cm³/mol. The van der Waals surface area contributed by atoms with Crippen LogP contribution in [0.3, 0.4) is 0 Å². The van der Waals surface area contributed by atoms with Crippen molar-refractivity contribution in [2.24, 2.45) is 0 Å². The fraction of sp³-hybridized carbons (Fsp3) is 0.429. The van der Waals surface area contributed by atoms with Crippen LogP contribution in [0.15, 0.2) is 24.3 Å². The molecule has 0 bridgehead atoms. The molecule has 18 heavy (non-hydrogen) atoms. The number of carbonyl (C=O) groups excluding carboxylic acids is 2. The summed E-state index contributed by atoms with van der Waals surface area (Å²) in [6.45, 7) is 4.35. The first-order valence-corrected chi connectivity index (χ1v) is 6.29. The molecule has 1 aliphatic heterocycles. The average Bonchev–Trinajstić information content (AvgIpc) is 2.58. The van der Waals surface area contributed by atoms with Crippen molar-refractivity contribution < 1.29 is 9.59 Å². The number of nitrogens with one attached hydrogen (secondary N) is 1. The predicted octanol–water partition coefficient (Wildman–Crippen LogP) is 2.22. The Labute approximate surface area is 107 Å². The summed E-state index contributed by atoms with van der Waals surface area (Å²) < 4.78 is 0. The summed E-state index contributed by atoms with van der Waals surface area (Å²) in [7, 11) is 0. The zero-order valence-electron chi connectivity index (χ0n) is 10.8. The van der Waals surface area contributed by atoms with E-state index in [4.69, 9.17) is 0 Å². The quantitative estimate of drug-likeness (QED) is 0.828. The molecule has 0 unspecified atom stereocenters. The lowest BCUT2D eigenvalue weighted by Crippen LogP contribution is -2.30. The van der Waals surface area contributed by atoms with Gasteiger partial charge >= 0.3 is 6.03 Å². The van der Waals surface area contributed by atoms with E-state index in [0.717, 1.165) is 17.5 Å². The number of imide groups is 1. The maximum atomic E-state index is 12.0. The second-order valence-electron chi connectivity index (χ2n) is 4.70. The van der Waals surface area contributed by atoms with Crippen LogP contribution in [-0.2, 0) is 11.3 Å². The Bertz CT molecular complexity index is 471. The number of amides is 3. The molecular formula is C14H18N2O2. The van der Waals surface area contributed by atoms with E-state index in [9.17, 15) is 9.59 Å². The molecule has 96 valence electrons. The zero-order valence-corrected chi connectivity index (χ0v) is 10.8. The second-order valence-corrected chi connectivity index (χ2v) is 4.70. The first-order valence-electron chi connectivity index (χ1n) is 6.29. The molecule has 4 heteroatoms. The summed E-state index contributed by atoms with van der Waals surface area (Å²) >= 11 is 0. The number of rotatable bonds is 4. The normalized spacial score (nSPS) is 19.2. The van der Waals surface area contributed by atoms with Gasteiger partial charge < -0.3 is 5.32 Å². The number of aryl methyl sites for hydroxylation is 1. The summed E-state index contributed by atoms with van der Waals surface area (Å²) in [5, 5.41) is 2.73. The fourth-order valence-corrected chi connectivity index (χ4v) is 2.20. The van der Waals surface area contributed by atoms with Crippen molar-refractivity contribution in [3.05, 3.63) is 35.4 Å². The van der Waals surface area contributed by atoms with Crippen molar-refractivity contribution in [1.82, 2.24) is 10.2 Å². The van der Waals surface area contributed by atoms with Gasteiger partial charge in [-0.3, -0.25) is 9.69 Å². The van der Waals surface area contributed by atoms with E-state index in [1.165, 1.54) is 4.90 Å². The molecule has 4 nitrogen and oxygen atoms in total. The Balaban J connectivity index is 2.10. The van der Waals surface area contributed by atoms with E-state index in [2.05, 4.69) is 5.32 Å². The van der Waals surface area contributed by atoms with Gasteiger partial charge in [-0.15, -0.1) is 0 Å². The highest BCUT2D eigenvalue weighted by atomic mass is 16.2. The molecule has 3 amide bonds. The molecule has 0 aliphatic carbocycles. The van der Waals surface area contributed by atoms with Crippen LogP contribution in [0.5, 0.6) is 0 Å². The number of carbonyl (C=O) groups is 2. The standard InChI is InChI=1S/C14H18N2O2/c1-3-5-12-13(17)16(14(18)15-12)9-11-7-4-6-10(2)8-11/h4,6-8,12H,3,5,9H2,1-2H3,(H,15,18)/t12-/m0/s1. The van der Waals surface area contributed by atoms with Crippen molar-refractivity contribution in [3.63, 3.8) is 0 Å². The minimum atomic E-state index is -0.340. The Kier molecular flexibility index (Phi) is 3.65. The highest BCUT2D eigenvalue weighted by Crippen LogP contribution is 2.15. The van der Waals surface area contributed by atoms with Gasteiger partial charge in [-0.1, -0.05) is 43.2 Å². The third-order valence-electron chi connectivity index (χ3n) is 3.11. The van der Waals surface area contributed by atoms with E-state index in [1.807, 2.05) is 38.1 Å². The van der Waals surface area contributed by atoms with Crippen LogP contribution < -0.4 is 5.32 Å². The van der Waals surface area contributed by atoms with E-state index in [0.29, 0.717) is 13.0 Å². The molecule has 1 fully saturated rings. The minimum absolute atomic E-state index is 0.108. The molecule has 1 heterocycles. The van der Waals surface area contributed by atoms with Gasteiger partial charge in [0.15, 0.2) is 0 Å². The highest BCUT2D eigenvalue weighted by Gasteiger charge is 2.36. The summed E-state index contributed by atoms with van der Waals surface area (Å²) in [5.41, 5.74) is 2.11. The van der Waals surface area contributed by atoms with Crippen molar-refractivity contribution in [2.45, 2.75) is 39.3 Å². The molecule has 1 aromatic carbocycles. The molecule has 1 aromatic rings. The van der Waals surface area contributed by atoms with Gasteiger partial charge in [0, 0.05) is 0 Å². The molecule has 1 saturated heterocycles. The van der Waals surface area contributed by atoms with Gasteiger partial charge in [-0.05, 0) is 18.9 Å². The van der Waals surface area contributed by atoms with Gasteiger partial charge in [0.05, 0.1) is 6.54 Å². The summed E-state index contributed by atoms with van der Waals surface area (Å²) in [6.07, 6.45) is 1.59. The molecule has 0 radical (unpaired) electrons. The molecule has 0 aromatic heterocycles. The third kappa shape index (κ3) is 2.53. The number of benzene rings is 1. The fourth-order valence-electron chi connectivity index (χ4n) is 2.20. The summed E-state index contributed by atoms with van der Waals surface area (Å²) in [6, 6.07) is 7.24. The van der Waals surface area contributed by atoms with Crippen LogP contribution in [0.1, 0.15) is 30.9 Å². The van der Waals surface area contributed by atoms with Crippen molar-refractivity contribution in [1.29, 1.82) is 0 Å². The first-order chi connectivity index (χ1) is 8.61. The maximum absolute atomic E-state index is 12.0. The third-order valence-corrected chi connectivity index (χ3v) is 3.11. The van der Waals surface area contributed by atoms with Crippen LogP contribution in [0.4, 0.5) is 4.79 Å². The lowest BCUT2D eigenvalue weighted by molar-refractivity contribution is -0.128. The van der Waals surface area contributed by atoms with Crippen molar-refractivity contribution >= 4 is 11.9 Å². The minimum Gasteiger partial charge on any atom is -0.326 e. The number of hydrogen-bond acceptors (Lipinski definition) is 2. The van der Waals surface area contributed by atoms with E-state index < -0.39 is 0 Å². The van der Waals surface area contributed by atoms with Gasteiger partial charge in [-0.25, -0.2) is 4.79 Å². The van der Waals surface area contributed by atoms with E-state index in [-0.39, 0.29) is 18.0 Å². The monoisotopic (exact) mass is 246 g/mol. The number of hydrogen-bond donors (Lipinski definition) is 1. The van der Waals surface area contributed by atoms with Crippen LogP contribution in [-0.4, -0.2) is 22.9 Å². The molecule has 0 saturated carbocycles. The van der Waals surface area contributed by atoms with Crippen LogP contribution >= 0.6 is 0 Å². The van der Waals surface area contributed by atoms with Gasteiger partial charge in [0.2, 0.25) is 0 Å². The Morgan fingerprint density at radius 2 is 2.11 bits per heavy atom. The highest BCUT2D eigenvalue weighted by molar-refractivity contribution is 6.04. The lowest BCUT2D eigenvalue weighted by atomic mass is 10.1. The Hall–Kier alpha value is -1.84. The lowest BCUT2D eigenvalue weighted by Gasteiger charge is -2.13. The molecule has 0 spiro atoms. The molecule has 1 aliphatic rings. The van der Waals surface area contributed by atoms with E-state index in [1.54, 1.807) is 0 Å². The number of urea groups is 1. The van der Waals surface area contributed by atoms with E-state index >= 15 is 0 Å². The van der Waals surface area contributed by atoms with Crippen LogP contribution in [0.2, 0.25) is 0 Å².